The average Bonchev–Trinajstić information content (AvgIpc) is 3.87. The monoisotopic (exact) mass is 750 g/mol. The molecule has 56 heavy (non-hydrogen) atoms. The minimum absolute atomic E-state index is 0.613. The molecule has 6 heteroatoms. The first-order chi connectivity index (χ1) is 27.7. The molecule has 0 saturated carbocycles. The number of fused-ring (bicyclic) bond motifs is 5. The van der Waals surface area contributed by atoms with Gasteiger partial charge in [0.05, 0.1) is 15.8 Å². The van der Waals surface area contributed by atoms with Gasteiger partial charge in [-0.25, -0.2) is 19.9 Å². The Morgan fingerprint density at radius 3 is 1.68 bits per heavy atom. The fraction of sp³-hybridized carbons (Fsp3) is 0. The molecule has 0 aliphatic carbocycles. The van der Waals surface area contributed by atoms with E-state index in [0.717, 1.165) is 58.7 Å². The molecule has 3 aromatic heterocycles. The molecule has 0 saturated heterocycles. The van der Waals surface area contributed by atoms with E-state index >= 15 is 0 Å². The van der Waals surface area contributed by atoms with Crippen LogP contribution >= 0.6 is 22.7 Å². The molecule has 0 spiro atoms. The molecule has 4 nitrogen and oxygen atoms in total. The van der Waals surface area contributed by atoms with E-state index in [2.05, 4.69) is 170 Å². The van der Waals surface area contributed by atoms with Gasteiger partial charge in [-0.05, 0) is 57.3 Å². The van der Waals surface area contributed by atoms with E-state index in [1.807, 2.05) is 12.1 Å². The summed E-state index contributed by atoms with van der Waals surface area (Å²) in [6.45, 7) is 0. The molecule has 0 atom stereocenters. The Hall–Kier alpha value is -6.86. The summed E-state index contributed by atoms with van der Waals surface area (Å²) in [7, 11) is 0. The molecular weight excluding hydrogens is 721 g/mol. The van der Waals surface area contributed by atoms with Crippen LogP contribution < -0.4 is 0 Å². The first-order valence-corrected chi connectivity index (χ1v) is 20.2. The molecule has 0 fully saturated rings. The second-order valence-corrected chi connectivity index (χ2v) is 15.9. The van der Waals surface area contributed by atoms with Crippen molar-refractivity contribution in [1.29, 1.82) is 0 Å². The number of thiophene rings is 1. The zero-order valence-corrected chi connectivity index (χ0v) is 31.6. The highest BCUT2D eigenvalue weighted by molar-refractivity contribution is 7.27. The smallest absolute Gasteiger partial charge is 0.167 e. The van der Waals surface area contributed by atoms with Crippen molar-refractivity contribution in [1.82, 2.24) is 19.9 Å². The Morgan fingerprint density at radius 2 is 0.893 bits per heavy atom. The molecule has 11 aromatic rings. The first kappa shape index (κ1) is 32.6. The van der Waals surface area contributed by atoms with Crippen molar-refractivity contribution >= 4 is 63.8 Å². The maximum Gasteiger partial charge on any atom is 0.167 e. The molecule has 3 heterocycles. The first-order valence-electron chi connectivity index (χ1n) is 18.5. The third-order valence-corrected chi connectivity index (χ3v) is 12.6. The van der Waals surface area contributed by atoms with E-state index in [1.165, 1.54) is 32.0 Å². The second-order valence-electron chi connectivity index (χ2n) is 13.9. The fourth-order valence-corrected chi connectivity index (χ4v) is 9.80. The number of thiazole rings is 1. The molecule has 0 aliphatic heterocycles. The topological polar surface area (TPSA) is 51.6 Å². The minimum atomic E-state index is 0.613. The number of benzene rings is 8. The van der Waals surface area contributed by atoms with Gasteiger partial charge in [0.2, 0.25) is 0 Å². The summed E-state index contributed by atoms with van der Waals surface area (Å²) in [4.78, 5) is 21.3. The SMILES string of the molecule is c1ccc(-c2ccc(-c3nc4c(-c5nc(-c6cccc(-c7ccccc7)c6)nc(-c6ccc7ccccc7c6)n5)c5sc6ccccc6c5cc4s3)cc2)cc1. The van der Waals surface area contributed by atoms with Gasteiger partial charge in [0.25, 0.3) is 0 Å². The van der Waals surface area contributed by atoms with Crippen LogP contribution in [-0.4, -0.2) is 19.9 Å². The van der Waals surface area contributed by atoms with E-state index in [-0.39, 0.29) is 0 Å². The van der Waals surface area contributed by atoms with Gasteiger partial charge in [-0.2, -0.15) is 0 Å². The zero-order valence-electron chi connectivity index (χ0n) is 29.9. The molecule has 0 amide bonds. The molecule has 8 aromatic carbocycles. The summed E-state index contributed by atoms with van der Waals surface area (Å²) in [5, 5.41) is 5.67. The van der Waals surface area contributed by atoms with Gasteiger partial charge in [0.1, 0.15) is 5.01 Å². The Bertz CT molecular complexity index is 3240. The largest absolute Gasteiger partial charge is 0.235 e. The van der Waals surface area contributed by atoms with Crippen LogP contribution in [0.4, 0.5) is 0 Å². The molecule has 0 unspecified atom stereocenters. The predicted octanol–water partition coefficient (Wildman–Crippen LogP) is 14.0. The normalized spacial score (nSPS) is 11.6. The van der Waals surface area contributed by atoms with Crippen molar-refractivity contribution in [3.05, 3.63) is 182 Å². The Kier molecular flexibility index (Phi) is 7.83. The number of hydrogen-bond acceptors (Lipinski definition) is 6. The highest BCUT2D eigenvalue weighted by atomic mass is 32.1. The minimum Gasteiger partial charge on any atom is -0.235 e. The van der Waals surface area contributed by atoms with Crippen LogP contribution in [0, 0.1) is 0 Å². The molecule has 0 bridgehead atoms. The lowest BCUT2D eigenvalue weighted by Crippen LogP contribution is -2.01. The standard InChI is InChI=1S/C50H30N4S2/c1-3-12-31(13-4-1)34-22-25-35(26-23-34)50-51-45-43(56-50)30-41-40-20-9-10-21-42(40)55-46(41)44(45)49-53-47(38-19-11-18-37(28-38)32-14-5-2-6-15-32)52-48(54-49)39-27-24-33-16-7-8-17-36(33)29-39/h1-30H. The Morgan fingerprint density at radius 1 is 0.321 bits per heavy atom. The van der Waals surface area contributed by atoms with Gasteiger partial charge in [0.15, 0.2) is 17.5 Å². The fourth-order valence-electron chi connectivity index (χ4n) is 7.55. The van der Waals surface area contributed by atoms with Crippen LogP contribution in [0.15, 0.2) is 182 Å². The summed E-state index contributed by atoms with van der Waals surface area (Å²) in [5.41, 5.74) is 9.40. The van der Waals surface area contributed by atoms with Crippen LogP contribution in [0.3, 0.4) is 0 Å². The summed E-state index contributed by atoms with van der Waals surface area (Å²) in [6, 6.07) is 63.9. The molecule has 0 N–H and O–H groups in total. The molecule has 0 radical (unpaired) electrons. The Labute approximate surface area is 331 Å². The van der Waals surface area contributed by atoms with Crippen LogP contribution in [0.5, 0.6) is 0 Å². The van der Waals surface area contributed by atoms with Crippen molar-refractivity contribution in [2.24, 2.45) is 0 Å². The van der Waals surface area contributed by atoms with Gasteiger partial charge in [0, 0.05) is 36.9 Å². The zero-order chi connectivity index (χ0) is 37.0. The third kappa shape index (κ3) is 5.75. The second kappa shape index (κ2) is 13.5. The lowest BCUT2D eigenvalue weighted by molar-refractivity contribution is 1.08. The number of aromatic nitrogens is 4. The van der Waals surface area contributed by atoms with E-state index in [1.54, 1.807) is 22.7 Å². The Balaban J connectivity index is 1.15. The van der Waals surface area contributed by atoms with E-state index in [9.17, 15) is 0 Å². The van der Waals surface area contributed by atoms with Crippen molar-refractivity contribution in [2.75, 3.05) is 0 Å². The summed E-state index contributed by atoms with van der Waals surface area (Å²) in [6.07, 6.45) is 0. The van der Waals surface area contributed by atoms with Crippen LogP contribution in [0.2, 0.25) is 0 Å². The maximum absolute atomic E-state index is 5.41. The van der Waals surface area contributed by atoms with Gasteiger partial charge >= 0.3 is 0 Å². The lowest BCUT2D eigenvalue weighted by atomic mass is 10.0. The van der Waals surface area contributed by atoms with Crippen LogP contribution in [-0.2, 0) is 0 Å². The number of nitrogens with zero attached hydrogens (tertiary/aromatic N) is 4. The van der Waals surface area contributed by atoms with E-state index in [0.29, 0.717) is 17.5 Å². The maximum atomic E-state index is 5.41. The van der Waals surface area contributed by atoms with E-state index < -0.39 is 0 Å². The lowest BCUT2D eigenvalue weighted by Gasteiger charge is -2.11. The van der Waals surface area contributed by atoms with Crippen molar-refractivity contribution in [3.63, 3.8) is 0 Å². The third-order valence-electron chi connectivity index (χ3n) is 10.4. The number of hydrogen-bond donors (Lipinski definition) is 0. The van der Waals surface area contributed by atoms with Gasteiger partial charge in [-0.3, -0.25) is 0 Å². The molecule has 0 aliphatic rings. The average molecular weight is 751 g/mol. The molecule has 11 rings (SSSR count). The summed E-state index contributed by atoms with van der Waals surface area (Å²) < 4.78 is 3.44. The predicted molar refractivity (Wildman–Crippen MR) is 236 cm³/mol. The molecule has 262 valence electrons. The number of rotatable bonds is 6. The van der Waals surface area contributed by atoms with Gasteiger partial charge in [-0.1, -0.05) is 158 Å². The van der Waals surface area contributed by atoms with E-state index in [4.69, 9.17) is 19.9 Å². The molecular formula is C50H30N4S2. The highest BCUT2D eigenvalue weighted by Crippen LogP contribution is 2.46. The van der Waals surface area contributed by atoms with Crippen molar-refractivity contribution in [3.8, 4) is 67.0 Å². The highest BCUT2D eigenvalue weighted by Gasteiger charge is 2.23. The quantitative estimate of drug-likeness (QED) is 0.170. The summed E-state index contributed by atoms with van der Waals surface area (Å²) >= 11 is 3.48. The van der Waals surface area contributed by atoms with Gasteiger partial charge < -0.3 is 0 Å². The summed E-state index contributed by atoms with van der Waals surface area (Å²) in [5.74, 6) is 1.86. The van der Waals surface area contributed by atoms with Gasteiger partial charge in [-0.15, -0.1) is 22.7 Å². The van der Waals surface area contributed by atoms with Crippen molar-refractivity contribution < 1.29 is 0 Å². The van der Waals surface area contributed by atoms with Crippen LogP contribution in [0.25, 0.3) is 108 Å². The van der Waals surface area contributed by atoms with Crippen LogP contribution in [0.1, 0.15) is 0 Å². The van der Waals surface area contributed by atoms with Crippen molar-refractivity contribution in [2.45, 2.75) is 0 Å².